The Bertz CT molecular complexity index is 203. The maximum absolute atomic E-state index is 11.7. The summed E-state index contributed by atoms with van der Waals surface area (Å²) in [6.45, 7) is 8.53. The first kappa shape index (κ1) is 11.7. The smallest absolute Gasteiger partial charge is 0.161 e. The summed E-state index contributed by atoms with van der Waals surface area (Å²) in [5.74, 6) is 0.296. The Morgan fingerprint density at radius 1 is 1.36 bits per heavy atom. The molecule has 0 aromatic rings. The molecule has 1 aliphatic heterocycles. The number of carbonyl (C=O) groups excluding carboxylic acids is 1. The highest BCUT2D eigenvalue weighted by Gasteiger charge is 2.28. The molecule has 82 valence electrons. The van der Waals surface area contributed by atoms with Crippen molar-refractivity contribution in [3.8, 4) is 0 Å². The fourth-order valence-electron chi connectivity index (χ4n) is 1.70. The van der Waals surface area contributed by atoms with Gasteiger partial charge in [0, 0.05) is 6.42 Å². The van der Waals surface area contributed by atoms with E-state index < -0.39 is 0 Å². The predicted octanol–water partition coefficient (Wildman–Crippen LogP) is 2.95. The molecule has 0 amide bonds. The van der Waals surface area contributed by atoms with E-state index in [2.05, 4.69) is 20.8 Å². The van der Waals surface area contributed by atoms with Crippen LogP contribution < -0.4 is 0 Å². The van der Waals surface area contributed by atoms with Gasteiger partial charge in [-0.3, -0.25) is 4.79 Å². The van der Waals surface area contributed by atoms with E-state index in [-0.39, 0.29) is 17.6 Å². The van der Waals surface area contributed by atoms with Crippen LogP contribution in [-0.4, -0.2) is 18.0 Å². The number of hydrogen-bond donors (Lipinski definition) is 0. The molecule has 2 unspecified atom stereocenters. The number of hydrogen-bond acceptors (Lipinski definition) is 2. The van der Waals surface area contributed by atoms with Crippen LogP contribution in [0.1, 0.15) is 53.4 Å². The van der Waals surface area contributed by atoms with Gasteiger partial charge in [0.2, 0.25) is 0 Å². The first-order valence-corrected chi connectivity index (χ1v) is 5.57. The molecule has 0 aromatic heterocycles. The highest BCUT2D eigenvalue weighted by Crippen LogP contribution is 2.25. The molecule has 1 heterocycles. The van der Waals surface area contributed by atoms with Crippen molar-refractivity contribution >= 4 is 5.78 Å². The molecule has 14 heavy (non-hydrogen) atoms. The van der Waals surface area contributed by atoms with E-state index in [4.69, 9.17) is 4.74 Å². The fourth-order valence-corrected chi connectivity index (χ4v) is 1.70. The van der Waals surface area contributed by atoms with E-state index in [0.29, 0.717) is 12.2 Å². The van der Waals surface area contributed by atoms with E-state index in [1.165, 1.54) is 0 Å². The van der Waals surface area contributed by atoms with Gasteiger partial charge in [0.25, 0.3) is 0 Å². The van der Waals surface area contributed by atoms with Gasteiger partial charge in [-0.2, -0.15) is 0 Å². The summed E-state index contributed by atoms with van der Waals surface area (Å²) in [6, 6.07) is 0. The van der Waals surface area contributed by atoms with E-state index in [9.17, 15) is 4.79 Å². The zero-order chi connectivity index (χ0) is 10.8. The third kappa shape index (κ3) is 3.79. The molecule has 2 atom stereocenters. The molecule has 0 radical (unpaired) electrons. The molecular weight excluding hydrogens is 176 g/mol. The number of ketones is 1. The van der Waals surface area contributed by atoms with Gasteiger partial charge in [-0.25, -0.2) is 0 Å². The third-order valence-corrected chi connectivity index (χ3v) is 2.71. The molecule has 2 nitrogen and oxygen atoms in total. The number of ether oxygens (including phenoxy) is 1. The van der Waals surface area contributed by atoms with Crippen molar-refractivity contribution in [2.45, 2.75) is 65.6 Å². The van der Waals surface area contributed by atoms with Crippen molar-refractivity contribution in [1.82, 2.24) is 0 Å². The van der Waals surface area contributed by atoms with Crippen LogP contribution in [0.4, 0.5) is 0 Å². The molecule has 0 bridgehead atoms. The maximum Gasteiger partial charge on any atom is 0.161 e. The van der Waals surface area contributed by atoms with Crippen molar-refractivity contribution in [3.05, 3.63) is 0 Å². The van der Waals surface area contributed by atoms with E-state index in [1.54, 1.807) is 0 Å². The molecule has 0 spiro atoms. The van der Waals surface area contributed by atoms with Crippen LogP contribution in [0.15, 0.2) is 0 Å². The molecule has 0 saturated carbocycles. The Kier molecular flexibility index (Phi) is 3.71. The average molecular weight is 198 g/mol. The molecule has 0 aromatic carbocycles. The van der Waals surface area contributed by atoms with Gasteiger partial charge in [-0.05, 0) is 31.6 Å². The van der Waals surface area contributed by atoms with E-state index in [0.717, 1.165) is 19.3 Å². The van der Waals surface area contributed by atoms with Gasteiger partial charge in [0.1, 0.15) is 6.10 Å². The summed E-state index contributed by atoms with van der Waals surface area (Å²) in [4.78, 5) is 11.7. The topological polar surface area (TPSA) is 26.3 Å². The minimum atomic E-state index is -0.104. The average Bonchev–Trinajstić information content (AvgIpc) is 2.46. The van der Waals surface area contributed by atoms with Crippen molar-refractivity contribution in [2.75, 3.05) is 0 Å². The lowest BCUT2D eigenvalue weighted by Crippen LogP contribution is -2.22. The largest absolute Gasteiger partial charge is 0.368 e. The maximum atomic E-state index is 11.7. The Balaban J connectivity index is 2.29. The van der Waals surface area contributed by atoms with Crippen LogP contribution in [0.25, 0.3) is 0 Å². The van der Waals surface area contributed by atoms with Gasteiger partial charge in [0.15, 0.2) is 5.78 Å². The Morgan fingerprint density at radius 3 is 2.43 bits per heavy atom. The third-order valence-electron chi connectivity index (χ3n) is 2.71. The SMILES string of the molecule is CC1CCC(C(=O)CCC(C)(C)C)O1. The summed E-state index contributed by atoms with van der Waals surface area (Å²) in [6.07, 6.45) is 3.75. The second-order valence-corrected chi connectivity index (χ2v) is 5.54. The van der Waals surface area contributed by atoms with E-state index >= 15 is 0 Å². The van der Waals surface area contributed by atoms with Gasteiger partial charge >= 0.3 is 0 Å². The predicted molar refractivity (Wildman–Crippen MR) is 57.3 cm³/mol. The fraction of sp³-hybridized carbons (Fsp3) is 0.917. The molecular formula is C12H22O2. The molecule has 0 aliphatic carbocycles. The molecule has 1 fully saturated rings. The normalized spacial score (nSPS) is 28.0. The first-order valence-electron chi connectivity index (χ1n) is 5.57. The molecule has 2 heteroatoms. The van der Waals surface area contributed by atoms with Crippen molar-refractivity contribution in [3.63, 3.8) is 0 Å². The lowest BCUT2D eigenvalue weighted by atomic mass is 9.88. The molecule has 1 aliphatic rings. The summed E-state index contributed by atoms with van der Waals surface area (Å²) in [7, 11) is 0. The highest BCUT2D eigenvalue weighted by molar-refractivity contribution is 5.83. The summed E-state index contributed by atoms with van der Waals surface area (Å²) in [5.41, 5.74) is 0.250. The molecule has 1 rings (SSSR count). The van der Waals surface area contributed by atoms with Crippen molar-refractivity contribution < 1.29 is 9.53 Å². The summed E-state index contributed by atoms with van der Waals surface area (Å²) in [5, 5.41) is 0. The number of rotatable bonds is 3. The Hall–Kier alpha value is -0.370. The van der Waals surface area contributed by atoms with Crippen LogP contribution in [0.3, 0.4) is 0 Å². The number of carbonyl (C=O) groups is 1. The Morgan fingerprint density at radius 2 is 2.00 bits per heavy atom. The van der Waals surface area contributed by atoms with Gasteiger partial charge < -0.3 is 4.74 Å². The van der Waals surface area contributed by atoms with Crippen LogP contribution in [0, 0.1) is 5.41 Å². The molecule has 1 saturated heterocycles. The number of Topliss-reactive ketones (excluding diaryl/α,β-unsaturated/α-hetero) is 1. The lowest BCUT2D eigenvalue weighted by molar-refractivity contribution is -0.130. The van der Waals surface area contributed by atoms with E-state index in [1.807, 2.05) is 6.92 Å². The first-order chi connectivity index (χ1) is 6.38. The molecule has 0 N–H and O–H groups in total. The zero-order valence-electron chi connectivity index (χ0n) is 9.80. The minimum Gasteiger partial charge on any atom is -0.368 e. The van der Waals surface area contributed by atoms with Crippen LogP contribution >= 0.6 is 0 Å². The monoisotopic (exact) mass is 198 g/mol. The zero-order valence-corrected chi connectivity index (χ0v) is 9.80. The van der Waals surface area contributed by atoms with Gasteiger partial charge in [0.05, 0.1) is 6.10 Å². The summed E-state index contributed by atoms with van der Waals surface area (Å²) < 4.78 is 5.54. The van der Waals surface area contributed by atoms with Crippen LogP contribution in [0.2, 0.25) is 0 Å². The van der Waals surface area contributed by atoms with Crippen LogP contribution in [0.5, 0.6) is 0 Å². The van der Waals surface area contributed by atoms with Gasteiger partial charge in [-0.15, -0.1) is 0 Å². The van der Waals surface area contributed by atoms with Gasteiger partial charge in [-0.1, -0.05) is 20.8 Å². The highest BCUT2D eigenvalue weighted by atomic mass is 16.5. The lowest BCUT2D eigenvalue weighted by Gasteiger charge is -2.18. The van der Waals surface area contributed by atoms with Crippen molar-refractivity contribution in [2.24, 2.45) is 5.41 Å². The van der Waals surface area contributed by atoms with Crippen LogP contribution in [-0.2, 0) is 9.53 Å². The quantitative estimate of drug-likeness (QED) is 0.697. The summed E-state index contributed by atoms with van der Waals surface area (Å²) >= 11 is 0. The minimum absolute atomic E-state index is 0.104. The standard InChI is InChI=1S/C12H22O2/c1-9-5-6-11(14-9)10(13)7-8-12(2,3)4/h9,11H,5-8H2,1-4H3. The van der Waals surface area contributed by atoms with Crippen molar-refractivity contribution in [1.29, 1.82) is 0 Å². The second kappa shape index (κ2) is 4.43. The Labute approximate surface area is 87.0 Å². The second-order valence-electron chi connectivity index (χ2n) is 5.54.